The van der Waals surface area contributed by atoms with Crippen LogP contribution in [0.1, 0.15) is 29.8 Å². The zero-order valence-corrected chi connectivity index (χ0v) is 13.8. The number of aromatic amines is 1. The summed E-state index contributed by atoms with van der Waals surface area (Å²) in [6.07, 6.45) is 3.80. The maximum atomic E-state index is 13.3. The zero-order valence-electron chi connectivity index (χ0n) is 13.8. The SMILES string of the molecule is O=C([C@H]1CCc2n[nH]nc2C1)N1CC[C@H](Cc2ccc(F)c(F)c2)C1. The van der Waals surface area contributed by atoms with Gasteiger partial charge in [0.15, 0.2) is 11.6 Å². The maximum absolute atomic E-state index is 13.3. The van der Waals surface area contributed by atoms with Crippen LogP contribution in [0.5, 0.6) is 0 Å². The molecule has 2 heterocycles. The van der Waals surface area contributed by atoms with Gasteiger partial charge in [-0.1, -0.05) is 6.07 Å². The third kappa shape index (κ3) is 3.27. The quantitative estimate of drug-likeness (QED) is 0.927. The zero-order chi connectivity index (χ0) is 17.4. The van der Waals surface area contributed by atoms with Gasteiger partial charge >= 0.3 is 0 Å². The van der Waals surface area contributed by atoms with Gasteiger partial charge in [0.2, 0.25) is 5.91 Å². The Morgan fingerprint density at radius 3 is 2.88 bits per heavy atom. The minimum atomic E-state index is -0.823. The molecule has 0 bridgehead atoms. The largest absolute Gasteiger partial charge is 0.342 e. The van der Waals surface area contributed by atoms with Crippen molar-refractivity contribution < 1.29 is 13.6 Å². The van der Waals surface area contributed by atoms with Gasteiger partial charge in [0.05, 0.1) is 11.4 Å². The summed E-state index contributed by atoms with van der Waals surface area (Å²) in [7, 11) is 0. The van der Waals surface area contributed by atoms with Crippen molar-refractivity contribution in [1.82, 2.24) is 20.3 Å². The van der Waals surface area contributed by atoms with Crippen LogP contribution >= 0.6 is 0 Å². The van der Waals surface area contributed by atoms with Crippen LogP contribution in [0.3, 0.4) is 0 Å². The Morgan fingerprint density at radius 1 is 1.20 bits per heavy atom. The van der Waals surface area contributed by atoms with Crippen molar-refractivity contribution in [3.8, 4) is 0 Å². The number of amides is 1. The number of rotatable bonds is 3. The van der Waals surface area contributed by atoms with E-state index in [1.165, 1.54) is 12.1 Å². The van der Waals surface area contributed by atoms with Crippen LogP contribution in [0, 0.1) is 23.5 Å². The number of fused-ring (bicyclic) bond motifs is 1. The lowest BCUT2D eigenvalue weighted by Crippen LogP contribution is -2.37. The average Bonchev–Trinajstić information content (AvgIpc) is 3.26. The number of nitrogens with one attached hydrogen (secondary N) is 1. The summed E-state index contributed by atoms with van der Waals surface area (Å²) < 4.78 is 26.4. The third-order valence-corrected chi connectivity index (χ3v) is 5.33. The van der Waals surface area contributed by atoms with Gasteiger partial charge in [-0.2, -0.15) is 15.4 Å². The topological polar surface area (TPSA) is 61.9 Å². The predicted octanol–water partition coefficient (Wildman–Crippen LogP) is 2.28. The molecule has 0 unspecified atom stereocenters. The van der Waals surface area contributed by atoms with Gasteiger partial charge in [0.25, 0.3) is 0 Å². The third-order valence-electron chi connectivity index (χ3n) is 5.33. The number of benzene rings is 1. The molecule has 1 N–H and O–H groups in total. The standard InChI is InChI=1S/C18H20F2N4O/c19-14-3-1-11(8-15(14)20)7-12-5-6-24(10-12)18(25)13-2-4-16-17(9-13)22-23-21-16/h1,3,8,12-13H,2,4-7,9-10H2,(H,21,22,23)/t12-,13+/m1/s1. The van der Waals surface area contributed by atoms with Crippen molar-refractivity contribution in [3.63, 3.8) is 0 Å². The molecule has 2 atom stereocenters. The Hall–Kier alpha value is -2.31. The highest BCUT2D eigenvalue weighted by Crippen LogP contribution is 2.28. The van der Waals surface area contributed by atoms with E-state index < -0.39 is 11.6 Å². The molecule has 132 valence electrons. The van der Waals surface area contributed by atoms with E-state index in [1.54, 1.807) is 6.07 Å². The summed E-state index contributed by atoms with van der Waals surface area (Å²) >= 11 is 0. The fourth-order valence-corrected chi connectivity index (χ4v) is 3.95. The number of aryl methyl sites for hydroxylation is 1. The normalized spacial score (nSPS) is 22.9. The molecule has 2 aromatic rings. The van der Waals surface area contributed by atoms with Crippen molar-refractivity contribution in [2.75, 3.05) is 13.1 Å². The number of halogens is 2. The lowest BCUT2D eigenvalue weighted by molar-refractivity contribution is -0.135. The number of carbonyl (C=O) groups is 1. The highest BCUT2D eigenvalue weighted by atomic mass is 19.2. The van der Waals surface area contributed by atoms with E-state index in [1.807, 2.05) is 4.90 Å². The van der Waals surface area contributed by atoms with Crippen molar-refractivity contribution in [1.29, 1.82) is 0 Å². The van der Waals surface area contributed by atoms with E-state index in [9.17, 15) is 13.6 Å². The van der Waals surface area contributed by atoms with E-state index in [4.69, 9.17) is 0 Å². The highest BCUT2D eigenvalue weighted by molar-refractivity contribution is 5.79. The molecule has 7 heteroatoms. The number of carbonyl (C=O) groups excluding carboxylic acids is 1. The summed E-state index contributed by atoms with van der Waals surface area (Å²) in [5, 5.41) is 10.9. The molecule has 1 aromatic heterocycles. The van der Waals surface area contributed by atoms with E-state index in [-0.39, 0.29) is 11.8 Å². The Balaban J connectivity index is 1.35. The van der Waals surface area contributed by atoms with Gasteiger partial charge in [-0.25, -0.2) is 8.78 Å². The fourth-order valence-electron chi connectivity index (χ4n) is 3.95. The number of aromatic nitrogens is 3. The van der Waals surface area contributed by atoms with Crippen LogP contribution in [0.2, 0.25) is 0 Å². The van der Waals surface area contributed by atoms with Gasteiger partial charge in [0, 0.05) is 25.4 Å². The molecule has 0 radical (unpaired) electrons. The maximum Gasteiger partial charge on any atom is 0.226 e. The Labute approximate surface area is 144 Å². The number of H-pyrrole nitrogens is 1. The first kappa shape index (κ1) is 16.2. The summed E-state index contributed by atoms with van der Waals surface area (Å²) in [4.78, 5) is 14.7. The van der Waals surface area contributed by atoms with Crippen molar-refractivity contribution in [2.24, 2.45) is 11.8 Å². The summed E-state index contributed by atoms with van der Waals surface area (Å²) in [6.45, 7) is 1.41. The predicted molar refractivity (Wildman–Crippen MR) is 86.6 cm³/mol. The van der Waals surface area contributed by atoms with Crippen molar-refractivity contribution >= 4 is 5.91 Å². The Kier molecular flexibility index (Phi) is 4.23. The molecule has 1 fully saturated rings. The summed E-state index contributed by atoms with van der Waals surface area (Å²) in [5.41, 5.74) is 2.66. The molecule has 1 saturated heterocycles. The van der Waals surface area contributed by atoms with Crippen LogP contribution in [-0.4, -0.2) is 39.3 Å². The lowest BCUT2D eigenvalue weighted by atomic mass is 9.89. The first-order valence-corrected chi connectivity index (χ1v) is 8.71. The molecule has 25 heavy (non-hydrogen) atoms. The second kappa shape index (κ2) is 6.54. The molecular weight excluding hydrogens is 326 g/mol. The van der Waals surface area contributed by atoms with Crippen LogP contribution in [0.15, 0.2) is 18.2 Å². The van der Waals surface area contributed by atoms with Crippen LogP contribution in [0.4, 0.5) is 8.78 Å². The Bertz CT molecular complexity index is 791. The average molecular weight is 346 g/mol. The molecule has 0 saturated carbocycles. The van der Waals surface area contributed by atoms with Gasteiger partial charge in [-0.15, -0.1) is 0 Å². The highest BCUT2D eigenvalue weighted by Gasteiger charge is 2.34. The van der Waals surface area contributed by atoms with Gasteiger partial charge in [-0.05, 0) is 49.3 Å². The first-order chi connectivity index (χ1) is 12.1. The van der Waals surface area contributed by atoms with Crippen molar-refractivity contribution in [2.45, 2.75) is 32.1 Å². The second-order valence-electron chi connectivity index (χ2n) is 7.05. The first-order valence-electron chi connectivity index (χ1n) is 8.71. The fraction of sp³-hybridized carbons (Fsp3) is 0.500. The number of hydrogen-bond donors (Lipinski definition) is 1. The number of likely N-dealkylation sites (tertiary alicyclic amines) is 1. The van der Waals surface area contributed by atoms with E-state index >= 15 is 0 Å². The van der Waals surface area contributed by atoms with Crippen LogP contribution < -0.4 is 0 Å². The van der Waals surface area contributed by atoms with Gasteiger partial charge in [-0.3, -0.25) is 4.79 Å². The van der Waals surface area contributed by atoms with Gasteiger partial charge < -0.3 is 4.90 Å². The summed E-state index contributed by atoms with van der Waals surface area (Å²) in [6, 6.07) is 4.04. The molecule has 1 aliphatic carbocycles. The van der Waals surface area contributed by atoms with E-state index in [2.05, 4.69) is 15.4 Å². The molecule has 1 amide bonds. The summed E-state index contributed by atoms with van der Waals surface area (Å²) in [5.74, 6) is -1.19. The molecule has 2 aliphatic rings. The molecule has 1 aromatic carbocycles. The number of hydrogen-bond acceptors (Lipinski definition) is 3. The lowest BCUT2D eigenvalue weighted by Gasteiger charge is -2.25. The Morgan fingerprint density at radius 2 is 2.04 bits per heavy atom. The van der Waals surface area contributed by atoms with Crippen molar-refractivity contribution in [3.05, 3.63) is 46.8 Å². The van der Waals surface area contributed by atoms with Gasteiger partial charge in [0.1, 0.15) is 0 Å². The minimum Gasteiger partial charge on any atom is -0.342 e. The molecular formula is C18H20F2N4O. The minimum absolute atomic E-state index is 0.0281. The van der Waals surface area contributed by atoms with Crippen LogP contribution in [-0.2, 0) is 24.1 Å². The van der Waals surface area contributed by atoms with E-state index in [0.29, 0.717) is 25.3 Å². The molecule has 1 aliphatic heterocycles. The monoisotopic (exact) mass is 346 g/mol. The molecule has 4 rings (SSSR count). The van der Waals surface area contributed by atoms with Crippen LogP contribution in [0.25, 0.3) is 0 Å². The molecule has 5 nitrogen and oxygen atoms in total. The number of nitrogens with zero attached hydrogens (tertiary/aromatic N) is 3. The van der Waals surface area contributed by atoms with E-state index in [0.717, 1.165) is 42.8 Å². The smallest absolute Gasteiger partial charge is 0.226 e. The molecule has 0 spiro atoms. The second-order valence-corrected chi connectivity index (χ2v) is 7.05.